The van der Waals surface area contributed by atoms with Crippen LogP contribution in [0.5, 0.6) is 0 Å². The fraction of sp³-hybridized carbons (Fsp3) is 0.533. The van der Waals surface area contributed by atoms with Crippen molar-refractivity contribution >= 4 is 16.8 Å². The van der Waals surface area contributed by atoms with Crippen molar-refractivity contribution in [2.24, 2.45) is 0 Å². The molecule has 2 rings (SSSR count). The molecule has 2 N–H and O–H groups in total. The summed E-state index contributed by atoms with van der Waals surface area (Å²) in [6, 6.07) is 5.57. The SMILES string of the molecule is CCCN(CCN(C)C)Cc1nc2cc(N)ccc2o1. The van der Waals surface area contributed by atoms with Gasteiger partial charge in [-0.25, -0.2) is 4.98 Å². The zero-order chi connectivity index (χ0) is 14.5. The van der Waals surface area contributed by atoms with Gasteiger partial charge in [-0.2, -0.15) is 0 Å². The number of aromatic nitrogens is 1. The number of nitrogens with zero attached hydrogens (tertiary/aromatic N) is 3. The van der Waals surface area contributed by atoms with E-state index in [9.17, 15) is 0 Å². The van der Waals surface area contributed by atoms with E-state index in [1.165, 1.54) is 0 Å². The number of oxazole rings is 1. The minimum atomic E-state index is 0.718. The van der Waals surface area contributed by atoms with Crippen LogP contribution < -0.4 is 5.73 Å². The highest BCUT2D eigenvalue weighted by atomic mass is 16.3. The van der Waals surface area contributed by atoms with Crippen molar-refractivity contribution in [1.82, 2.24) is 14.8 Å². The van der Waals surface area contributed by atoms with Crippen LogP contribution in [0, 0.1) is 0 Å². The molecule has 5 nitrogen and oxygen atoms in total. The predicted octanol–water partition coefficient (Wildman–Crippen LogP) is 2.18. The topological polar surface area (TPSA) is 58.5 Å². The van der Waals surface area contributed by atoms with Gasteiger partial charge in [-0.3, -0.25) is 4.90 Å². The highest BCUT2D eigenvalue weighted by Gasteiger charge is 2.11. The third-order valence-electron chi connectivity index (χ3n) is 3.22. The van der Waals surface area contributed by atoms with Crippen molar-refractivity contribution in [2.45, 2.75) is 19.9 Å². The van der Waals surface area contributed by atoms with Gasteiger partial charge in [-0.05, 0) is 45.3 Å². The number of anilines is 1. The Kier molecular flexibility index (Phi) is 4.98. The first kappa shape index (κ1) is 14.8. The minimum Gasteiger partial charge on any atom is -0.439 e. The molecule has 1 aromatic heterocycles. The molecule has 0 radical (unpaired) electrons. The maximum absolute atomic E-state index is 5.78. The molecule has 0 unspecified atom stereocenters. The fourth-order valence-electron chi connectivity index (χ4n) is 2.18. The van der Waals surface area contributed by atoms with E-state index in [0.717, 1.165) is 55.3 Å². The molecule has 1 heterocycles. The molecule has 20 heavy (non-hydrogen) atoms. The Balaban J connectivity index is 2.07. The Bertz CT molecular complexity index is 550. The van der Waals surface area contributed by atoms with Gasteiger partial charge in [0.15, 0.2) is 5.58 Å². The van der Waals surface area contributed by atoms with Crippen LogP contribution in [0.3, 0.4) is 0 Å². The van der Waals surface area contributed by atoms with Crippen LogP contribution in [0.4, 0.5) is 5.69 Å². The highest BCUT2D eigenvalue weighted by Crippen LogP contribution is 2.19. The highest BCUT2D eigenvalue weighted by molar-refractivity contribution is 5.76. The molecule has 0 spiro atoms. The van der Waals surface area contributed by atoms with Crippen LogP contribution >= 0.6 is 0 Å². The Morgan fingerprint density at radius 2 is 2.00 bits per heavy atom. The van der Waals surface area contributed by atoms with Crippen LogP contribution in [-0.2, 0) is 6.54 Å². The third-order valence-corrected chi connectivity index (χ3v) is 3.22. The van der Waals surface area contributed by atoms with Crippen LogP contribution in [0.15, 0.2) is 22.6 Å². The Morgan fingerprint density at radius 3 is 2.70 bits per heavy atom. The molecule has 0 saturated carbocycles. The number of benzene rings is 1. The van der Waals surface area contributed by atoms with Crippen molar-refractivity contribution in [3.05, 3.63) is 24.1 Å². The van der Waals surface area contributed by atoms with E-state index in [-0.39, 0.29) is 0 Å². The first-order valence-corrected chi connectivity index (χ1v) is 7.10. The summed E-state index contributed by atoms with van der Waals surface area (Å²) >= 11 is 0. The summed E-state index contributed by atoms with van der Waals surface area (Å²) in [5, 5.41) is 0. The summed E-state index contributed by atoms with van der Waals surface area (Å²) in [4.78, 5) is 9.08. The van der Waals surface area contributed by atoms with E-state index in [0.29, 0.717) is 0 Å². The van der Waals surface area contributed by atoms with E-state index in [2.05, 4.69) is 35.8 Å². The molecule has 0 saturated heterocycles. The molecule has 0 bridgehead atoms. The predicted molar refractivity (Wildman–Crippen MR) is 82.5 cm³/mol. The average molecular weight is 276 g/mol. The van der Waals surface area contributed by atoms with E-state index in [1.807, 2.05) is 18.2 Å². The number of hydrogen-bond acceptors (Lipinski definition) is 5. The van der Waals surface area contributed by atoms with E-state index >= 15 is 0 Å². The lowest BCUT2D eigenvalue weighted by Crippen LogP contribution is -2.32. The van der Waals surface area contributed by atoms with Crippen LogP contribution in [0.2, 0.25) is 0 Å². The van der Waals surface area contributed by atoms with Crippen LogP contribution in [-0.4, -0.2) is 48.5 Å². The molecule has 1 aromatic carbocycles. The van der Waals surface area contributed by atoms with Crippen LogP contribution in [0.25, 0.3) is 11.1 Å². The van der Waals surface area contributed by atoms with Crippen molar-refractivity contribution in [2.75, 3.05) is 39.5 Å². The third kappa shape index (κ3) is 3.95. The van der Waals surface area contributed by atoms with Gasteiger partial charge in [-0.1, -0.05) is 6.92 Å². The number of hydrogen-bond donors (Lipinski definition) is 1. The minimum absolute atomic E-state index is 0.718. The van der Waals surface area contributed by atoms with Crippen molar-refractivity contribution in [3.8, 4) is 0 Å². The molecule has 5 heteroatoms. The average Bonchev–Trinajstić information content (AvgIpc) is 2.77. The number of nitrogen functional groups attached to an aromatic ring is 1. The quantitative estimate of drug-likeness (QED) is 0.786. The number of rotatable bonds is 7. The summed E-state index contributed by atoms with van der Waals surface area (Å²) in [5.41, 5.74) is 8.12. The summed E-state index contributed by atoms with van der Waals surface area (Å²) in [7, 11) is 4.18. The van der Waals surface area contributed by atoms with Crippen molar-refractivity contribution in [3.63, 3.8) is 0 Å². The largest absolute Gasteiger partial charge is 0.439 e. The maximum atomic E-state index is 5.78. The van der Waals surface area contributed by atoms with Gasteiger partial charge >= 0.3 is 0 Å². The molecule has 0 amide bonds. The monoisotopic (exact) mass is 276 g/mol. The standard InChI is InChI=1S/C15H24N4O/c1-4-7-19(9-8-18(2)3)11-15-17-13-10-12(16)5-6-14(13)20-15/h5-6,10H,4,7-9,11,16H2,1-3H3. The normalized spacial score (nSPS) is 11.8. The maximum Gasteiger partial charge on any atom is 0.209 e. The van der Waals surface area contributed by atoms with E-state index < -0.39 is 0 Å². The molecular formula is C15H24N4O. The molecule has 2 aromatic rings. The van der Waals surface area contributed by atoms with Gasteiger partial charge in [0, 0.05) is 18.8 Å². The Morgan fingerprint density at radius 1 is 1.20 bits per heavy atom. The Labute approximate surface area is 120 Å². The number of nitrogens with two attached hydrogens (primary N) is 1. The summed E-state index contributed by atoms with van der Waals surface area (Å²) in [6.45, 7) is 6.04. The first-order chi connectivity index (χ1) is 9.58. The molecular weight excluding hydrogens is 252 g/mol. The van der Waals surface area contributed by atoms with E-state index in [1.54, 1.807) is 0 Å². The number of fused-ring (bicyclic) bond motifs is 1. The zero-order valence-corrected chi connectivity index (χ0v) is 12.6. The van der Waals surface area contributed by atoms with Crippen LogP contribution in [0.1, 0.15) is 19.2 Å². The van der Waals surface area contributed by atoms with Crippen molar-refractivity contribution < 1.29 is 4.42 Å². The van der Waals surface area contributed by atoms with Gasteiger partial charge in [0.1, 0.15) is 5.52 Å². The lowest BCUT2D eigenvalue weighted by atomic mass is 10.3. The van der Waals surface area contributed by atoms with Gasteiger partial charge in [0.2, 0.25) is 5.89 Å². The summed E-state index contributed by atoms with van der Waals surface area (Å²) in [6.07, 6.45) is 1.13. The molecule has 0 aliphatic heterocycles. The first-order valence-electron chi connectivity index (χ1n) is 7.10. The second-order valence-corrected chi connectivity index (χ2v) is 5.41. The zero-order valence-electron chi connectivity index (χ0n) is 12.6. The second-order valence-electron chi connectivity index (χ2n) is 5.41. The fourth-order valence-corrected chi connectivity index (χ4v) is 2.18. The Hall–Kier alpha value is -1.59. The lowest BCUT2D eigenvalue weighted by Gasteiger charge is -2.21. The molecule has 110 valence electrons. The lowest BCUT2D eigenvalue weighted by molar-refractivity contribution is 0.216. The molecule has 0 atom stereocenters. The molecule has 0 aliphatic carbocycles. The summed E-state index contributed by atoms with van der Waals surface area (Å²) < 4.78 is 5.78. The molecule has 0 fully saturated rings. The smallest absolute Gasteiger partial charge is 0.209 e. The van der Waals surface area contributed by atoms with Gasteiger partial charge < -0.3 is 15.1 Å². The molecule has 0 aliphatic rings. The second kappa shape index (κ2) is 6.72. The number of likely N-dealkylation sites (N-methyl/N-ethyl adjacent to an activating group) is 1. The van der Waals surface area contributed by atoms with Gasteiger partial charge in [-0.15, -0.1) is 0 Å². The van der Waals surface area contributed by atoms with Gasteiger partial charge in [0.25, 0.3) is 0 Å². The van der Waals surface area contributed by atoms with E-state index in [4.69, 9.17) is 10.2 Å². The van der Waals surface area contributed by atoms with Crippen molar-refractivity contribution in [1.29, 1.82) is 0 Å². The summed E-state index contributed by atoms with van der Waals surface area (Å²) in [5.74, 6) is 0.762. The van der Waals surface area contributed by atoms with Gasteiger partial charge in [0.05, 0.1) is 6.54 Å².